The highest BCUT2D eigenvalue weighted by Crippen LogP contribution is 2.28. The fourth-order valence-corrected chi connectivity index (χ4v) is 5.15. The number of rotatable bonds is 6. The first-order valence-corrected chi connectivity index (χ1v) is 11.6. The average molecular weight is 475 g/mol. The van der Waals surface area contributed by atoms with Crippen LogP contribution in [0.5, 0.6) is 0 Å². The minimum Gasteiger partial charge on any atom is -0.337 e. The Hall–Kier alpha value is -3.23. The van der Waals surface area contributed by atoms with Crippen molar-refractivity contribution in [3.05, 3.63) is 95.1 Å². The quantitative estimate of drug-likeness (QED) is 0.418. The number of sulfone groups is 1. The van der Waals surface area contributed by atoms with Crippen molar-refractivity contribution in [3.63, 3.8) is 0 Å². The van der Waals surface area contributed by atoms with Gasteiger partial charge in [0.2, 0.25) is 5.91 Å². The van der Waals surface area contributed by atoms with Gasteiger partial charge in [-0.3, -0.25) is 4.79 Å². The Morgan fingerprint density at radius 1 is 1.00 bits per heavy atom. The molecule has 0 aliphatic carbocycles. The number of amides is 1. The van der Waals surface area contributed by atoms with Gasteiger partial charge >= 0.3 is 0 Å². The van der Waals surface area contributed by atoms with E-state index in [0.29, 0.717) is 16.5 Å². The van der Waals surface area contributed by atoms with Crippen molar-refractivity contribution in [1.29, 1.82) is 0 Å². The lowest BCUT2D eigenvalue weighted by molar-refractivity contribution is -0.116. The van der Waals surface area contributed by atoms with E-state index in [4.69, 9.17) is 11.6 Å². The molecule has 1 aromatic heterocycles. The largest absolute Gasteiger partial charge is 0.337 e. The number of anilines is 1. The molecule has 0 atom stereocenters. The summed E-state index contributed by atoms with van der Waals surface area (Å²) in [5, 5.41) is 3.13. The molecule has 0 unspecified atom stereocenters. The van der Waals surface area contributed by atoms with Gasteiger partial charge in [-0.25, -0.2) is 17.2 Å². The molecule has 4 rings (SSSR count). The molecule has 0 fully saturated rings. The van der Waals surface area contributed by atoms with Gasteiger partial charge in [-0.05, 0) is 42.0 Å². The van der Waals surface area contributed by atoms with E-state index in [-0.39, 0.29) is 27.9 Å². The molecule has 0 radical (unpaired) electrons. The lowest BCUT2D eigenvalue weighted by atomic mass is 10.2. The molecule has 32 heavy (non-hydrogen) atoms. The summed E-state index contributed by atoms with van der Waals surface area (Å²) in [5.41, 5.74) is 0.955. The Kier molecular flexibility index (Phi) is 5.99. The van der Waals surface area contributed by atoms with Gasteiger partial charge in [0.1, 0.15) is 18.2 Å². The molecular weight excluding hydrogens is 458 g/mol. The number of benzene rings is 3. The predicted molar refractivity (Wildman–Crippen MR) is 119 cm³/mol. The second-order valence-corrected chi connectivity index (χ2v) is 9.59. The highest BCUT2D eigenvalue weighted by Gasteiger charge is 2.22. The lowest BCUT2D eigenvalue weighted by Crippen LogP contribution is -2.19. The maximum Gasteiger partial charge on any atom is 0.244 e. The van der Waals surface area contributed by atoms with E-state index < -0.39 is 27.4 Å². The van der Waals surface area contributed by atoms with Crippen LogP contribution in [0.25, 0.3) is 10.9 Å². The van der Waals surface area contributed by atoms with Crippen LogP contribution in [0, 0.1) is 11.6 Å². The summed E-state index contributed by atoms with van der Waals surface area (Å²) in [5.74, 6) is -1.98. The summed E-state index contributed by atoms with van der Waals surface area (Å²) in [4.78, 5) is 12.6. The van der Waals surface area contributed by atoms with Gasteiger partial charge in [0.05, 0.1) is 16.3 Å². The Morgan fingerprint density at radius 2 is 1.72 bits per heavy atom. The minimum atomic E-state index is -3.79. The van der Waals surface area contributed by atoms with Crippen LogP contribution in [0.3, 0.4) is 0 Å². The van der Waals surface area contributed by atoms with Crippen LogP contribution >= 0.6 is 11.6 Å². The van der Waals surface area contributed by atoms with E-state index in [0.717, 1.165) is 6.07 Å². The van der Waals surface area contributed by atoms with E-state index in [9.17, 15) is 22.0 Å². The number of para-hydroxylation sites is 1. The third-order valence-electron chi connectivity index (χ3n) is 4.88. The molecular formula is C23H17ClF2N2O3S. The molecule has 4 aromatic rings. The Balaban J connectivity index is 1.63. The van der Waals surface area contributed by atoms with Gasteiger partial charge in [0, 0.05) is 22.1 Å². The van der Waals surface area contributed by atoms with Crippen LogP contribution in [0.1, 0.15) is 5.56 Å². The molecule has 5 nitrogen and oxygen atoms in total. The number of hydrogen-bond donors (Lipinski definition) is 1. The minimum absolute atomic E-state index is 0.0278. The SMILES string of the molecule is O=C(Cn1cc(S(=O)(=O)Cc2ccc(F)cc2)c2ccccc21)Nc1ccc(Cl)cc1F. The summed E-state index contributed by atoms with van der Waals surface area (Å²) < 4.78 is 54.8. The first-order chi connectivity index (χ1) is 15.2. The van der Waals surface area contributed by atoms with Crippen molar-refractivity contribution in [2.24, 2.45) is 0 Å². The lowest BCUT2D eigenvalue weighted by Gasteiger charge is -2.08. The predicted octanol–water partition coefficient (Wildman–Crippen LogP) is 5.19. The number of hydrogen-bond acceptors (Lipinski definition) is 3. The van der Waals surface area contributed by atoms with Crippen molar-refractivity contribution in [3.8, 4) is 0 Å². The molecule has 0 spiro atoms. The molecule has 0 aliphatic rings. The normalized spacial score (nSPS) is 11.6. The molecule has 3 aromatic carbocycles. The molecule has 1 amide bonds. The van der Waals surface area contributed by atoms with Crippen molar-refractivity contribution in [2.75, 3.05) is 5.32 Å². The summed E-state index contributed by atoms with van der Waals surface area (Å²) in [6.07, 6.45) is 1.39. The molecule has 0 saturated heterocycles. The zero-order valence-corrected chi connectivity index (χ0v) is 18.1. The summed E-state index contributed by atoms with van der Waals surface area (Å²) >= 11 is 5.73. The van der Waals surface area contributed by atoms with Crippen molar-refractivity contribution >= 4 is 43.9 Å². The monoisotopic (exact) mass is 474 g/mol. The van der Waals surface area contributed by atoms with Crippen molar-refractivity contribution in [2.45, 2.75) is 17.2 Å². The number of nitrogens with zero attached hydrogens (tertiary/aromatic N) is 1. The zero-order chi connectivity index (χ0) is 22.9. The Labute approximate surface area is 188 Å². The fourth-order valence-electron chi connectivity index (χ4n) is 3.40. The molecule has 164 valence electrons. The van der Waals surface area contributed by atoms with E-state index in [1.807, 2.05) is 0 Å². The summed E-state index contributed by atoms with van der Waals surface area (Å²) in [6.45, 7) is -0.228. The number of nitrogens with one attached hydrogen (secondary N) is 1. The number of carbonyl (C=O) groups is 1. The highest BCUT2D eigenvalue weighted by atomic mass is 35.5. The standard InChI is InChI=1S/C23H17ClF2N2O3S/c24-16-7-10-20(19(26)11-16)27-23(29)13-28-12-22(18-3-1-2-4-21(18)28)32(30,31)14-15-5-8-17(25)9-6-15/h1-12H,13-14H2,(H,27,29). The van der Waals surface area contributed by atoms with Gasteiger partial charge < -0.3 is 9.88 Å². The molecule has 1 N–H and O–H groups in total. The number of fused-ring (bicyclic) bond motifs is 1. The van der Waals surface area contributed by atoms with Crippen molar-refractivity contribution < 1.29 is 22.0 Å². The third-order valence-corrected chi connectivity index (χ3v) is 6.82. The summed E-state index contributed by atoms with van der Waals surface area (Å²) in [7, 11) is -3.79. The fraction of sp³-hybridized carbons (Fsp3) is 0.0870. The van der Waals surface area contributed by atoms with E-state index in [2.05, 4.69) is 5.32 Å². The van der Waals surface area contributed by atoms with E-state index in [1.165, 1.54) is 47.2 Å². The second kappa shape index (κ2) is 8.72. The molecule has 0 aliphatic heterocycles. The topological polar surface area (TPSA) is 68.2 Å². The summed E-state index contributed by atoms with van der Waals surface area (Å²) in [6, 6.07) is 15.9. The second-order valence-electron chi connectivity index (χ2n) is 7.20. The number of halogens is 3. The van der Waals surface area contributed by atoms with Gasteiger partial charge in [0.25, 0.3) is 0 Å². The van der Waals surface area contributed by atoms with Gasteiger partial charge in [-0.1, -0.05) is 41.9 Å². The van der Waals surface area contributed by atoms with E-state index in [1.54, 1.807) is 24.3 Å². The van der Waals surface area contributed by atoms with Crippen LogP contribution in [0.15, 0.2) is 77.8 Å². The Morgan fingerprint density at radius 3 is 2.44 bits per heavy atom. The van der Waals surface area contributed by atoms with Crippen LogP contribution in [0.2, 0.25) is 5.02 Å². The molecule has 1 heterocycles. The van der Waals surface area contributed by atoms with Crippen LogP contribution in [-0.2, 0) is 26.9 Å². The van der Waals surface area contributed by atoms with Gasteiger partial charge in [-0.2, -0.15) is 0 Å². The Bertz CT molecular complexity index is 1420. The smallest absolute Gasteiger partial charge is 0.244 e. The average Bonchev–Trinajstić information content (AvgIpc) is 3.11. The first kappa shape index (κ1) is 22.0. The maximum absolute atomic E-state index is 14.0. The van der Waals surface area contributed by atoms with E-state index >= 15 is 0 Å². The van der Waals surface area contributed by atoms with Crippen LogP contribution in [-0.4, -0.2) is 18.9 Å². The highest BCUT2D eigenvalue weighted by molar-refractivity contribution is 7.90. The van der Waals surface area contributed by atoms with Crippen LogP contribution < -0.4 is 5.32 Å². The molecule has 0 saturated carbocycles. The first-order valence-electron chi connectivity index (χ1n) is 9.53. The third kappa shape index (κ3) is 4.66. The van der Waals surface area contributed by atoms with Gasteiger partial charge in [0.15, 0.2) is 9.84 Å². The van der Waals surface area contributed by atoms with Crippen LogP contribution in [0.4, 0.5) is 14.5 Å². The number of aromatic nitrogens is 1. The van der Waals surface area contributed by atoms with Crippen molar-refractivity contribution in [1.82, 2.24) is 4.57 Å². The maximum atomic E-state index is 14.0. The zero-order valence-electron chi connectivity index (χ0n) is 16.6. The number of carbonyl (C=O) groups excluding carboxylic acids is 1. The molecule has 9 heteroatoms. The molecule has 0 bridgehead atoms. The van der Waals surface area contributed by atoms with Gasteiger partial charge in [-0.15, -0.1) is 0 Å².